The van der Waals surface area contributed by atoms with Gasteiger partial charge in [0.25, 0.3) is 0 Å². The van der Waals surface area contributed by atoms with Crippen molar-refractivity contribution in [1.29, 1.82) is 0 Å². The predicted molar refractivity (Wildman–Crippen MR) is 108 cm³/mol. The van der Waals surface area contributed by atoms with Crippen LogP contribution in [0.5, 0.6) is 0 Å². The first kappa shape index (κ1) is 16.3. The highest BCUT2D eigenvalue weighted by Crippen LogP contribution is 2.35. The van der Waals surface area contributed by atoms with Crippen LogP contribution in [0.1, 0.15) is 18.9 Å². The number of nitrogens with zero attached hydrogens (tertiary/aromatic N) is 3. The van der Waals surface area contributed by atoms with E-state index in [2.05, 4.69) is 88.4 Å². The molecule has 0 atom stereocenters. The third kappa shape index (κ3) is 2.94. The second-order valence-corrected chi connectivity index (χ2v) is 6.47. The van der Waals surface area contributed by atoms with Gasteiger partial charge in [-0.05, 0) is 36.6 Å². The molecule has 130 valence electrons. The van der Waals surface area contributed by atoms with E-state index >= 15 is 0 Å². The lowest BCUT2D eigenvalue weighted by molar-refractivity contribution is 0.968. The van der Waals surface area contributed by atoms with E-state index < -0.39 is 0 Å². The van der Waals surface area contributed by atoms with Crippen LogP contribution in [0, 0.1) is 6.92 Å². The van der Waals surface area contributed by atoms with Crippen LogP contribution in [0.15, 0.2) is 67.1 Å². The Balaban J connectivity index is 2.00. The maximum atomic E-state index is 4.61. The molecular formula is C22H22N4. The first-order valence-electron chi connectivity index (χ1n) is 9.00. The van der Waals surface area contributed by atoms with E-state index in [9.17, 15) is 0 Å². The lowest BCUT2D eigenvalue weighted by atomic mass is 10.1. The van der Waals surface area contributed by atoms with Crippen LogP contribution >= 0.6 is 0 Å². The van der Waals surface area contributed by atoms with Gasteiger partial charge in [0.05, 0.1) is 5.39 Å². The van der Waals surface area contributed by atoms with Gasteiger partial charge in [-0.2, -0.15) is 0 Å². The van der Waals surface area contributed by atoms with Crippen molar-refractivity contribution in [2.45, 2.75) is 20.3 Å². The van der Waals surface area contributed by atoms with Crippen LogP contribution in [0.4, 0.5) is 5.82 Å². The van der Waals surface area contributed by atoms with E-state index in [0.29, 0.717) is 0 Å². The van der Waals surface area contributed by atoms with Crippen LogP contribution in [-0.2, 0) is 0 Å². The molecular weight excluding hydrogens is 320 g/mol. The molecule has 0 aliphatic carbocycles. The quantitative estimate of drug-likeness (QED) is 0.541. The summed E-state index contributed by atoms with van der Waals surface area (Å²) in [6.07, 6.45) is 4.85. The molecule has 0 saturated heterocycles. The zero-order valence-electron chi connectivity index (χ0n) is 15.1. The van der Waals surface area contributed by atoms with E-state index in [1.165, 1.54) is 11.1 Å². The van der Waals surface area contributed by atoms with Crippen molar-refractivity contribution in [3.05, 3.63) is 72.7 Å². The lowest BCUT2D eigenvalue weighted by Gasteiger charge is -2.08. The number of hydrogen-bond acceptors (Lipinski definition) is 3. The highest BCUT2D eigenvalue weighted by molar-refractivity contribution is 6.02. The van der Waals surface area contributed by atoms with E-state index in [4.69, 9.17) is 0 Å². The van der Waals surface area contributed by atoms with Crippen molar-refractivity contribution in [1.82, 2.24) is 14.5 Å². The molecule has 0 amide bonds. The third-order valence-electron chi connectivity index (χ3n) is 4.49. The van der Waals surface area contributed by atoms with Crippen molar-refractivity contribution in [3.8, 4) is 16.8 Å². The number of benzene rings is 2. The van der Waals surface area contributed by atoms with E-state index in [1.807, 2.05) is 6.07 Å². The number of aromatic nitrogens is 3. The molecule has 0 aliphatic rings. The zero-order valence-corrected chi connectivity index (χ0v) is 15.1. The van der Waals surface area contributed by atoms with Crippen LogP contribution < -0.4 is 5.32 Å². The molecule has 0 unspecified atom stereocenters. The minimum absolute atomic E-state index is 0.885. The summed E-state index contributed by atoms with van der Waals surface area (Å²) < 4.78 is 2.16. The first-order valence-corrected chi connectivity index (χ1v) is 9.00. The highest BCUT2D eigenvalue weighted by atomic mass is 15.1. The second-order valence-electron chi connectivity index (χ2n) is 6.47. The molecule has 0 saturated carbocycles. The maximum Gasteiger partial charge on any atom is 0.150 e. The van der Waals surface area contributed by atoms with Gasteiger partial charge in [-0.15, -0.1) is 0 Å². The molecule has 0 bridgehead atoms. The predicted octanol–water partition coefficient (Wildman–Crippen LogP) is 5.22. The van der Waals surface area contributed by atoms with Crippen LogP contribution in [0.2, 0.25) is 0 Å². The largest absolute Gasteiger partial charge is 0.369 e. The molecule has 4 aromatic rings. The monoisotopic (exact) mass is 342 g/mol. The van der Waals surface area contributed by atoms with Crippen LogP contribution in [0.3, 0.4) is 0 Å². The van der Waals surface area contributed by atoms with Gasteiger partial charge in [0.1, 0.15) is 12.1 Å². The molecule has 0 radical (unpaired) electrons. The van der Waals surface area contributed by atoms with Gasteiger partial charge >= 0.3 is 0 Å². The van der Waals surface area contributed by atoms with Crippen molar-refractivity contribution in [2.24, 2.45) is 0 Å². The third-order valence-corrected chi connectivity index (χ3v) is 4.49. The molecule has 4 nitrogen and oxygen atoms in total. The summed E-state index contributed by atoms with van der Waals surface area (Å²) >= 11 is 0. The fraction of sp³-hybridized carbons (Fsp3) is 0.182. The lowest BCUT2D eigenvalue weighted by Crippen LogP contribution is -2.03. The summed E-state index contributed by atoms with van der Waals surface area (Å²) in [6.45, 7) is 5.15. The van der Waals surface area contributed by atoms with Gasteiger partial charge in [-0.3, -0.25) is 0 Å². The van der Waals surface area contributed by atoms with Crippen LogP contribution in [-0.4, -0.2) is 21.1 Å². The van der Waals surface area contributed by atoms with Crippen molar-refractivity contribution >= 4 is 16.9 Å². The van der Waals surface area contributed by atoms with Gasteiger partial charge in [-0.1, -0.05) is 49.4 Å². The Morgan fingerprint density at radius 2 is 1.85 bits per heavy atom. The number of nitrogens with one attached hydrogen (secondary N) is 1. The minimum Gasteiger partial charge on any atom is -0.369 e. The summed E-state index contributed by atoms with van der Waals surface area (Å²) in [5, 5.41) is 4.52. The molecule has 4 heteroatoms. The number of hydrogen-bond donors (Lipinski definition) is 1. The van der Waals surface area contributed by atoms with Gasteiger partial charge in [-0.25, -0.2) is 9.97 Å². The number of aryl methyl sites for hydroxylation is 1. The Hall–Kier alpha value is -3.14. The molecule has 2 aromatic heterocycles. The summed E-state index contributed by atoms with van der Waals surface area (Å²) in [7, 11) is 0. The SMILES string of the molecule is CCCNc1ncnc2c1c(-c1ccccc1)cn2-c1cccc(C)c1. The number of fused-ring (bicyclic) bond motifs is 1. The highest BCUT2D eigenvalue weighted by Gasteiger charge is 2.17. The Morgan fingerprint density at radius 3 is 2.62 bits per heavy atom. The Kier molecular flexibility index (Phi) is 4.40. The normalized spacial score (nSPS) is 11.0. The maximum absolute atomic E-state index is 4.61. The summed E-state index contributed by atoms with van der Waals surface area (Å²) in [5.41, 5.74) is 5.56. The van der Waals surface area contributed by atoms with E-state index in [-0.39, 0.29) is 0 Å². The fourth-order valence-corrected chi connectivity index (χ4v) is 3.25. The van der Waals surface area contributed by atoms with Crippen LogP contribution in [0.25, 0.3) is 27.8 Å². The molecule has 26 heavy (non-hydrogen) atoms. The average Bonchev–Trinajstić information content (AvgIpc) is 3.07. The first-order chi connectivity index (χ1) is 12.8. The number of rotatable bonds is 5. The van der Waals surface area contributed by atoms with Gasteiger partial charge in [0.15, 0.2) is 5.65 Å². The van der Waals surface area contributed by atoms with Crippen molar-refractivity contribution in [2.75, 3.05) is 11.9 Å². The minimum atomic E-state index is 0.885. The molecule has 2 aromatic carbocycles. The Morgan fingerprint density at radius 1 is 1.00 bits per heavy atom. The number of anilines is 1. The molecule has 4 rings (SSSR count). The van der Waals surface area contributed by atoms with Gasteiger partial charge in [0, 0.05) is 24.0 Å². The summed E-state index contributed by atoms with van der Waals surface area (Å²) in [5.74, 6) is 0.891. The average molecular weight is 342 g/mol. The Bertz CT molecular complexity index is 1030. The standard InChI is InChI=1S/C22H22N4/c1-3-12-23-21-20-19(17-9-5-4-6-10-17)14-26(22(20)25-15-24-21)18-11-7-8-16(2)13-18/h4-11,13-15H,3,12H2,1-2H3,(H,23,24,25). The second kappa shape index (κ2) is 7.00. The zero-order chi connectivity index (χ0) is 17.9. The fourth-order valence-electron chi connectivity index (χ4n) is 3.25. The topological polar surface area (TPSA) is 42.7 Å². The molecule has 0 aliphatic heterocycles. The molecule has 2 heterocycles. The van der Waals surface area contributed by atoms with Gasteiger partial charge < -0.3 is 9.88 Å². The van der Waals surface area contributed by atoms with Crippen molar-refractivity contribution in [3.63, 3.8) is 0 Å². The van der Waals surface area contributed by atoms with Crippen molar-refractivity contribution < 1.29 is 0 Å². The van der Waals surface area contributed by atoms with E-state index in [0.717, 1.165) is 41.1 Å². The Labute approximate surface area is 153 Å². The molecule has 0 spiro atoms. The summed E-state index contributed by atoms with van der Waals surface area (Å²) in [6, 6.07) is 18.9. The molecule has 1 N–H and O–H groups in total. The van der Waals surface area contributed by atoms with E-state index in [1.54, 1.807) is 6.33 Å². The smallest absolute Gasteiger partial charge is 0.150 e. The molecule has 0 fully saturated rings. The summed E-state index contributed by atoms with van der Waals surface area (Å²) in [4.78, 5) is 9.13. The van der Waals surface area contributed by atoms with Gasteiger partial charge in [0.2, 0.25) is 0 Å².